The largest absolute Gasteiger partial charge is 0.493 e. The Labute approximate surface area is 201 Å². The fourth-order valence-electron chi connectivity index (χ4n) is 3.00. The highest BCUT2D eigenvalue weighted by atomic mass is 32.2. The first-order chi connectivity index (χ1) is 15.8. The van der Waals surface area contributed by atoms with Crippen LogP contribution in [0.3, 0.4) is 0 Å². The molecule has 174 valence electrons. The molecule has 3 rings (SSSR count). The number of thioether (sulfide) groups is 2. The topological polar surface area (TPSA) is 84.9 Å². The third-order valence-electron chi connectivity index (χ3n) is 4.92. The fourth-order valence-corrected chi connectivity index (χ4v) is 4.30. The molecule has 33 heavy (non-hydrogen) atoms. The monoisotopic (exact) mass is 486 g/mol. The van der Waals surface area contributed by atoms with Crippen LogP contribution < -0.4 is 14.8 Å². The number of carbonyl (C=O) groups is 3. The third kappa shape index (κ3) is 6.33. The van der Waals surface area contributed by atoms with Gasteiger partial charge in [0.25, 0.3) is 11.1 Å². The van der Waals surface area contributed by atoms with Gasteiger partial charge in [-0.05, 0) is 73.3 Å². The number of rotatable bonds is 9. The normalized spacial score (nSPS) is 15.6. The molecule has 1 fully saturated rings. The molecule has 0 radical (unpaired) electrons. The van der Waals surface area contributed by atoms with Crippen molar-refractivity contribution in [2.45, 2.75) is 31.3 Å². The van der Waals surface area contributed by atoms with Crippen molar-refractivity contribution in [1.29, 1.82) is 0 Å². The molecule has 0 saturated carbocycles. The highest BCUT2D eigenvalue weighted by molar-refractivity contribution is 8.18. The second kappa shape index (κ2) is 11.3. The minimum atomic E-state index is -0.503. The molecule has 0 bridgehead atoms. The average molecular weight is 487 g/mol. The number of hydrogen-bond acceptors (Lipinski definition) is 7. The summed E-state index contributed by atoms with van der Waals surface area (Å²) >= 11 is 2.36. The van der Waals surface area contributed by atoms with E-state index in [9.17, 15) is 14.4 Å². The number of imide groups is 1. The van der Waals surface area contributed by atoms with Crippen LogP contribution in [0, 0.1) is 0 Å². The van der Waals surface area contributed by atoms with Gasteiger partial charge in [-0.2, -0.15) is 0 Å². The lowest BCUT2D eigenvalue weighted by Crippen LogP contribution is -2.36. The predicted molar refractivity (Wildman–Crippen MR) is 133 cm³/mol. The molecule has 9 heteroatoms. The van der Waals surface area contributed by atoms with Crippen molar-refractivity contribution in [2.75, 3.05) is 25.2 Å². The van der Waals surface area contributed by atoms with E-state index < -0.39 is 17.1 Å². The molecule has 3 amide bonds. The van der Waals surface area contributed by atoms with Crippen molar-refractivity contribution < 1.29 is 23.9 Å². The molecule has 1 saturated heterocycles. The van der Waals surface area contributed by atoms with Gasteiger partial charge in [-0.3, -0.25) is 19.3 Å². The molecule has 0 unspecified atom stereocenters. The van der Waals surface area contributed by atoms with Crippen LogP contribution in [0.5, 0.6) is 11.5 Å². The molecule has 1 aliphatic rings. The number of carbonyl (C=O) groups excluding carboxylic acids is 3. The highest BCUT2D eigenvalue weighted by Gasteiger charge is 2.36. The Balaban J connectivity index is 1.70. The molecule has 1 N–H and O–H groups in total. The van der Waals surface area contributed by atoms with E-state index in [1.807, 2.05) is 38.3 Å². The Morgan fingerprint density at radius 3 is 2.70 bits per heavy atom. The fraction of sp³-hybridized carbons (Fsp3) is 0.292. The number of methoxy groups -OCH3 is 1. The Morgan fingerprint density at radius 2 is 2.00 bits per heavy atom. The Bertz CT molecular complexity index is 1090. The van der Waals surface area contributed by atoms with E-state index in [4.69, 9.17) is 9.47 Å². The predicted octanol–water partition coefficient (Wildman–Crippen LogP) is 5.27. The number of nitrogens with one attached hydrogen (secondary N) is 1. The van der Waals surface area contributed by atoms with Crippen LogP contribution in [-0.4, -0.2) is 48.0 Å². The van der Waals surface area contributed by atoms with Gasteiger partial charge in [0.1, 0.15) is 6.54 Å². The zero-order chi connectivity index (χ0) is 24.0. The first-order valence-corrected chi connectivity index (χ1v) is 12.4. The lowest BCUT2D eigenvalue weighted by atomic mass is 10.1. The summed E-state index contributed by atoms with van der Waals surface area (Å²) in [5.74, 6) is 0.205. The van der Waals surface area contributed by atoms with E-state index in [1.165, 1.54) is 0 Å². The number of amides is 3. The summed E-state index contributed by atoms with van der Waals surface area (Å²) in [5.41, 5.74) is 1.30. The van der Waals surface area contributed by atoms with Crippen molar-refractivity contribution in [3.8, 4) is 11.5 Å². The van der Waals surface area contributed by atoms with Gasteiger partial charge in [-0.25, -0.2) is 0 Å². The first-order valence-electron chi connectivity index (χ1n) is 10.4. The van der Waals surface area contributed by atoms with Gasteiger partial charge < -0.3 is 14.8 Å². The molecule has 1 heterocycles. The minimum Gasteiger partial charge on any atom is -0.493 e. The van der Waals surface area contributed by atoms with E-state index in [2.05, 4.69) is 5.32 Å². The zero-order valence-electron chi connectivity index (χ0n) is 18.9. The molecule has 1 atom stereocenters. The summed E-state index contributed by atoms with van der Waals surface area (Å²) in [6.07, 6.45) is 4.44. The van der Waals surface area contributed by atoms with Crippen LogP contribution in [0.4, 0.5) is 10.5 Å². The van der Waals surface area contributed by atoms with Gasteiger partial charge in [0.15, 0.2) is 11.5 Å². The summed E-state index contributed by atoms with van der Waals surface area (Å²) in [5, 5.41) is 2.25. The molecule has 7 nitrogen and oxygen atoms in total. The van der Waals surface area contributed by atoms with Crippen molar-refractivity contribution in [3.63, 3.8) is 0 Å². The molecule has 0 aliphatic carbocycles. The summed E-state index contributed by atoms with van der Waals surface area (Å²) in [6, 6.07) is 12.7. The third-order valence-corrected chi connectivity index (χ3v) is 6.55. The van der Waals surface area contributed by atoms with E-state index >= 15 is 0 Å². The van der Waals surface area contributed by atoms with Crippen molar-refractivity contribution in [2.24, 2.45) is 0 Å². The second-order valence-electron chi connectivity index (χ2n) is 7.30. The quantitative estimate of drug-likeness (QED) is 0.382. The van der Waals surface area contributed by atoms with Crippen LogP contribution in [0.15, 0.2) is 52.3 Å². The van der Waals surface area contributed by atoms with Gasteiger partial charge in [0, 0.05) is 10.6 Å². The number of nitrogens with zero attached hydrogens (tertiary/aromatic N) is 1. The van der Waals surface area contributed by atoms with Gasteiger partial charge in [0.05, 0.1) is 18.1 Å². The summed E-state index contributed by atoms with van der Waals surface area (Å²) in [6.45, 7) is 3.65. The Hall–Kier alpha value is -2.91. The van der Waals surface area contributed by atoms with Crippen molar-refractivity contribution in [1.82, 2.24) is 4.90 Å². The van der Waals surface area contributed by atoms with Crippen LogP contribution >= 0.6 is 23.5 Å². The van der Waals surface area contributed by atoms with Crippen LogP contribution in [-0.2, 0) is 9.59 Å². The molecular weight excluding hydrogens is 460 g/mol. The summed E-state index contributed by atoms with van der Waals surface area (Å²) < 4.78 is 11.3. The highest BCUT2D eigenvalue weighted by Crippen LogP contribution is 2.35. The van der Waals surface area contributed by atoms with Gasteiger partial charge in [0.2, 0.25) is 5.91 Å². The SMILES string of the molecule is CC[C@@H](C)Oc1ccc(/C=C2\SC(=O)N(CC(=O)Nc3cccc(SC)c3)C2=O)cc1OC. The van der Waals surface area contributed by atoms with E-state index in [1.54, 1.807) is 49.2 Å². The maximum absolute atomic E-state index is 12.8. The molecular formula is C24H26N2O5S2. The Morgan fingerprint density at radius 1 is 1.21 bits per heavy atom. The smallest absolute Gasteiger partial charge is 0.294 e. The first kappa shape index (κ1) is 24.7. The maximum atomic E-state index is 12.8. The lowest BCUT2D eigenvalue weighted by molar-refractivity contribution is -0.127. The number of benzene rings is 2. The van der Waals surface area contributed by atoms with Crippen LogP contribution in [0.1, 0.15) is 25.8 Å². The zero-order valence-corrected chi connectivity index (χ0v) is 20.5. The van der Waals surface area contributed by atoms with Crippen molar-refractivity contribution in [3.05, 3.63) is 52.9 Å². The minimum absolute atomic E-state index is 0.0376. The summed E-state index contributed by atoms with van der Waals surface area (Å²) in [7, 11) is 1.55. The molecule has 1 aliphatic heterocycles. The van der Waals surface area contributed by atoms with Crippen molar-refractivity contribution >= 4 is 52.3 Å². The number of anilines is 1. The standard InChI is InChI=1S/C24H26N2O5S2/c1-5-15(2)31-19-10-9-16(11-20(19)30-3)12-21-23(28)26(24(29)33-21)14-22(27)25-17-7-6-8-18(13-17)32-4/h6-13,15H,5,14H2,1-4H3,(H,25,27)/b21-12-/t15-/m1/s1. The van der Waals surface area contributed by atoms with Gasteiger partial charge in [-0.1, -0.05) is 19.1 Å². The summed E-state index contributed by atoms with van der Waals surface area (Å²) in [4.78, 5) is 39.8. The molecule has 0 spiro atoms. The van der Waals surface area contributed by atoms with Gasteiger partial charge >= 0.3 is 0 Å². The van der Waals surface area contributed by atoms with E-state index in [0.717, 1.165) is 28.0 Å². The second-order valence-corrected chi connectivity index (χ2v) is 9.17. The number of ether oxygens (including phenoxy) is 2. The lowest BCUT2D eigenvalue weighted by Gasteiger charge is -2.15. The maximum Gasteiger partial charge on any atom is 0.294 e. The molecule has 2 aromatic carbocycles. The average Bonchev–Trinajstić information content (AvgIpc) is 3.07. The molecule has 2 aromatic rings. The van der Waals surface area contributed by atoms with Gasteiger partial charge in [-0.15, -0.1) is 11.8 Å². The van der Waals surface area contributed by atoms with Crippen LogP contribution in [0.2, 0.25) is 0 Å². The van der Waals surface area contributed by atoms with E-state index in [0.29, 0.717) is 22.7 Å². The van der Waals surface area contributed by atoms with Crippen LogP contribution in [0.25, 0.3) is 6.08 Å². The molecule has 0 aromatic heterocycles. The Kier molecular flexibility index (Phi) is 8.46. The van der Waals surface area contributed by atoms with E-state index in [-0.39, 0.29) is 17.6 Å². The number of hydrogen-bond donors (Lipinski definition) is 1.